The van der Waals surface area contributed by atoms with Crippen LogP contribution in [0.25, 0.3) is 11.3 Å². The van der Waals surface area contributed by atoms with Crippen molar-refractivity contribution >= 4 is 23.4 Å². The zero-order chi connectivity index (χ0) is 25.7. The normalized spacial score (nSPS) is 11.1. The molecule has 2 aromatic heterocycles. The molecule has 0 radical (unpaired) electrons. The lowest BCUT2D eigenvalue weighted by atomic mass is 10.1. The quantitative estimate of drug-likeness (QED) is 0.355. The first-order chi connectivity index (χ1) is 17.2. The summed E-state index contributed by atoms with van der Waals surface area (Å²) in [5, 5.41) is 5.79. The van der Waals surface area contributed by atoms with Gasteiger partial charge in [-0.2, -0.15) is 13.2 Å². The molecule has 0 bridgehead atoms. The highest BCUT2D eigenvalue weighted by molar-refractivity contribution is 6.04. The van der Waals surface area contributed by atoms with Gasteiger partial charge in [0, 0.05) is 49.8 Å². The molecule has 0 aliphatic carbocycles. The summed E-state index contributed by atoms with van der Waals surface area (Å²) in [6.45, 7) is 0.370. The van der Waals surface area contributed by atoms with Gasteiger partial charge < -0.3 is 15.5 Å². The minimum Gasteiger partial charge on any atom is -0.363 e. The number of nitrogens with zero attached hydrogens (tertiary/aromatic N) is 4. The first-order valence-electron chi connectivity index (χ1n) is 11.0. The molecular formula is C26H23F3N6O. The molecule has 0 saturated carbocycles. The van der Waals surface area contributed by atoms with Gasteiger partial charge in [0.05, 0.1) is 11.3 Å². The molecule has 4 rings (SSSR count). The Bertz CT molecular complexity index is 1360. The zero-order valence-electron chi connectivity index (χ0n) is 19.5. The molecular weight excluding hydrogens is 469 g/mol. The second kappa shape index (κ2) is 10.4. The maximum absolute atomic E-state index is 12.9. The average Bonchev–Trinajstić information content (AvgIpc) is 2.87. The van der Waals surface area contributed by atoms with Gasteiger partial charge in [-0.15, -0.1) is 0 Å². The number of rotatable bonds is 7. The van der Waals surface area contributed by atoms with Gasteiger partial charge in [0.2, 0.25) is 5.95 Å². The van der Waals surface area contributed by atoms with Crippen LogP contribution in [0, 0.1) is 0 Å². The van der Waals surface area contributed by atoms with Gasteiger partial charge >= 0.3 is 6.18 Å². The molecule has 10 heteroatoms. The molecule has 2 N–H and O–H groups in total. The zero-order valence-corrected chi connectivity index (χ0v) is 19.5. The van der Waals surface area contributed by atoms with Crippen LogP contribution in [0.5, 0.6) is 0 Å². The Kier molecular flexibility index (Phi) is 7.14. The fraction of sp³-hybridized carbons (Fsp3) is 0.154. The van der Waals surface area contributed by atoms with E-state index in [-0.39, 0.29) is 5.56 Å². The molecule has 36 heavy (non-hydrogen) atoms. The smallest absolute Gasteiger partial charge is 0.363 e. The molecule has 0 aliphatic heterocycles. The van der Waals surface area contributed by atoms with Crippen LogP contribution in [0.1, 0.15) is 21.5 Å². The number of anilines is 3. The summed E-state index contributed by atoms with van der Waals surface area (Å²) in [6.07, 6.45) is -1.12. The molecule has 0 fully saturated rings. The van der Waals surface area contributed by atoms with E-state index in [0.717, 1.165) is 29.1 Å². The number of hydrogen-bond donors (Lipinski definition) is 2. The van der Waals surface area contributed by atoms with Crippen molar-refractivity contribution < 1.29 is 18.0 Å². The first kappa shape index (κ1) is 24.6. The predicted octanol–water partition coefficient (Wildman–Crippen LogP) is 5.49. The summed E-state index contributed by atoms with van der Waals surface area (Å²) in [6, 6.07) is 16.9. The predicted molar refractivity (Wildman–Crippen MR) is 133 cm³/mol. The highest BCUT2D eigenvalue weighted by atomic mass is 19.4. The summed E-state index contributed by atoms with van der Waals surface area (Å²) < 4.78 is 38.8. The van der Waals surface area contributed by atoms with Crippen molar-refractivity contribution in [1.29, 1.82) is 0 Å². The molecule has 0 unspecified atom stereocenters. The molecule has 4 aromatic rings. The highest BCUT2D eigenvalue weighted by Crippen LogP contribution is 2.29. The maximum Gasteiger partial charge on any atom is 0.416 e. The van der Waals surface area contributed by atoms with Crippen LogP contribution in [0.3, 0.4) is 0 Å². The van der Waals surface area contributed by atoms with Crippen LogP contribution in [-0.2, 0) is 12.7 Å². The van der Waals surface area contributed by atoms with E-state index in [1.54, 1.807) is 36.7 Å². The van der Waals surface area contributed by atoms with Crippen molar-refractivity contribution in [2.75, 3.05) is 29.6 Å². The Labute approximate surface area is 206 Å². The number of aromatic nitrogens is 3. The van der Waals surface area contributed by atoms with Gasteiger partial charge in [0.25, 0.3) is 5.91 Å². The Balaban J connectivity index is 1.41. The summed E-state index contributed by atoms with van der Waals surface area (Å²) in [4.78, 5) is 27.6. The molecule has 0 saturated heterocycles. The summed E-state index contributed by atoms with van der Waals surface area (Å²) in [7, 11) is 3.83. The number of halogens is 3. The van der Waals surface area contributed by atoms with E-state index < -0.39 is 17.6 Å². The van der Waals surface area contributed by atoms with Gasteiger partial charge in [-0.05, 0) is 54.1 Å². The lowest BCUT2D eigenvalue weighted by Crippen LogP contribution is -2.14. The number of benzene rings is 2. The molecule has 2 heterocycles. The number of nitrogens with one attached hydrogen (secondary N) is 2. The third-order valence-corrected chi connectivity index (χ3v) is 5.24. The average molecular weight is 493 g/mol. The van der Waals surface area contributed by atoms with Crippen molar-refractivity contribution in [2.24, 2.45) is 0 Å². The van der Waals surface area contributed by atoms with E-state index >= 15 is 0 Å². The van der Waals surface area contributed by atoms with E-state index in [0.29, 0.717) is 23.9 Å². The van der Waals surface area contributed by atoms with Crippen LogP contribution < -0.4 is 15.5 Å². The second-order valence-electron chi connectivity index (χ2n) is 8.15. The van der Waals surface area contributed by atoms with Gasteiger partial charge in [-0.1, -0.05) is 18.2 Å². The maximum atomic E-state index is 12.9. The van der Waals surface area contributed by atoms with Gasteiger partial charge in [-0.25, -0.2) is 15.0 Å². The van der Waals surface area contributed by atoms with Crippen molar-refractivity contribution in [1.82, 2.24) is 15.0 Å². The van der Waals surface area contributed by atoms with Crippen LogP contribution in [0.4, 0.5) is 30.6 Å². The molecule has 0 atom stereocenters. The molecule has 0 aliphatic rings. The molecule has 184 valence electrons. The minimum atomic E-state index is -4.52. The van der Waals surface area contributed by atoms with Crippen molar-refractivity contribution in [2.45, 2.75) is 12.7 Å². The molecule has 1 amide bonds. The molecule has 7 nitrogen and oxygen atoms in total. The Morgan fingerprint density at radius 2 is 1.78 bits per heavy atom. The van der Waals surface area contributed by atoms with E-state index in [9.17, 15) is 18.0 Å². The number of carbonyl (C=O) groups excluding carboxylic acids is 1. The number of alkyl halides is 3. The summed E-state index contributed by atoms with van der Waals surface area (Å²) >= 11 is 0. The SMILES string of the molecule is CN(C)c1ccc(-c2ccnc(NCc3cccc(NC(=O)c4cccc(C(F)(F)F)c4)c3)n2)cn1. The topological polar surface area (TPSA) is 83.0 Å². The Hall–Kier alpha value is -4.47. The highest BCUT2D eigenvalue weighted by Gasteiger charge is 2.30. The van der Waals surface area contributed by atoms with Crippen molar-refractivity contribution in [3.63, 3.8) is 0 Å². The van der Waals surface area contributed by atoms with Crippen molar-refractivity contribution in [3.8, 4) is 11.3 Å². The lowest BCUT2D eigenvalue weighted by molar-refractivity contribution is -0.137. The summed E-state index contributed by atoms with van der Waals surface area (Å²) in [5.41, 5.74) is 1.89. The van der Waals surface area contributed by atoms with Crippen LogP contribution in [0.2, 0.25) is 0 Å². The van der Waals surface area contributed by atoms with E-state index in [2.05, 4.69) is 25.6 Å². The monoisotopic (exact) mass is 492 g/mol. The number of pyridine rings is 1. The Morgan fingerprint density at radius 3 is 2.50 bits per heavy atom. The fourth-order valence-electron chi connectivity index (χ4n) is 3.39. The Morgan fingerprint density at radius 1 is 0.972 bits per heavy atom. The third kappa shape index (κ3) is 6.15. The van der Waals surface area contributed by atoms with Gasteiger partial charge in [0.15, 0.2) is 0 Å². The van der Waals surface area contributed by atoms with E-state index in [4.69, 9.17) is 0 Å². The minimum absolute atomic E-state index is 0.0772. The van der Waals surface area contributed by atoms with E-state index in [1.165, 1.54) is 12.1 Å². The first-order valence-corrected chi connectivity index (χ1v) is 11.0. The second-order valence-corrected chi connectivity index (χ2v) is 8.15. The van der Waals surface area contributed by atoms with Gasteiger partial charge in [-0.3, -0.25) is 4.79 Å². The van der Waals surface area contributed by atoms with Crippen LogP contribution >= 0.6 is 0 Å². The third-order valence-electron chi connectivity index (χ3n) is 5.24. The molecule has 0 spiro atoms. The number of amides is 1. The number of hydrogen-bond acceptors (Lipinski definition) is 6. The van der Waals surface area contributed by atoms with E-state index in [1.807, 2.05) is 37.2 Å². The fourth-order valence-corrected chi connectivity index (χ4v) is 3.39. The van der Waals surface area contributed by atoms with Crippen molar-refractivity contribution in [3.05, 3.63) is 95.8 Å². The lowest BCUT2D eigenvalue weighted by Gasteiger charge is -2.12. The number of carbonyl (C=O) groups is 1. The molecule has 2 aromatic carbocycles. The van der Waals surface area contributed by atoms with Crippen LogP contribution in [-0.4, -0.2) is 35.0 Å². The largest absolute Gasteiger partial charge is 0.416 e. The van der Waals surface area contributed by atoms with Gasteiger partial charge in [0.1, 0.15) is 5.82 Å². The summed E-state index contributed by atoms with van der Waals surface area (Å²) in [5.74, 6) is 0.630. The van der Waals surface area contributed by atoms with Crippen LogP contribution in [0.15, 0.2) is 79.1 Å². The standard InChI is InChI=1S/C26H23F3N6O/c1-35(2)23-10-9-19(16-31-23)22-11-12-30-25(34-22)32-15-17-5-3-8-21(13-17)33-24(36)18-6-4-7-20(14-18)26(27,28)29/h3-14,16H,15H2,1-2H3,(H,33,36)(H,30,32,34).